The van der Waals surface area contributed by atoms with E-state index < -0.39 is 0 Å². The van der Waals surface area contributed by atoms with Crippen LogP contribution in [0.4, 0.5) is 0 Å². The summed E-state index contributed by atoms with van der Waals surface area (Å²) in [6.07, 6.45) is 0. The van der Waals surface area contributed by atoms with E-state index in [1.807, 2.05) is 30.3 Å². The maximum absolute atomic E-state index is 6.37. The van der Waals surface area contributed by atoms with Crippen molar-refractivity contribution in [1.29, 1.82) is 0 Å². The summed E-state index contributed by atoms with van der Waals surface area (Å²) < 4.78 is 6.37. The van der Waals surface area contributed by atoms with Crippen LogP contribution in [0.1, 0.15) is 0 Å². The zero-order valence-electron chi connectivity index (χ0n) is 24.3. The van der Waals surface area contributed by atoms with Gasteiger partial charge in [-0.25, -0.2) is 9.97 Å². The summed E-state index contributed by atoms with van der Waals surface area (Å²) in [5.41, 5.74) is 9.39. The molecule has 45 heavy (non-hydrogen) atoms. The summed E-state index contributed by atoms with van der Waals surface area (Å²) in [5, 5.41) is 4.80. The molecule has 7 aromatic carbocycles. The summed E-state index contributed by atoms with van der Waals surface area (Å²) >= 11 is 0. The highest BCUT2D eigenvalue weighted by atomic mass is 16.5. The number of hydrogen-bond acceptors (Lipinski definition) is 3. The summed E-state index contributed by atoms with van der Waals surface area (Å²) in [6, 6.07) is 55.0. The molecule has 1 aliphatic rings. The summed E-state index contributed by atoms with van der Waals surface area (Å²) in [7, 11) is 0. The van der Waals surface area contributed by atoms with Gasteiger partial charge in [0, 0.05) is 27.6 Å². The smallest absolute Gasteiger partial charge is 0.160 e. The van der Waals surface area contributed by atoms with E-state index in [1.165, 1.54) is 32.8 Å². The Bertz CT molecular complexity index is 2390. The molecule has 0 spiro atoms. The lowest BCUT2D eigenvalue weighted by molar-refractivity contribution is 0.487. The van der Waals surface area contributed by atoms with Crippen molar-refractivity contribution in [2.45, 2.75) is 0 Å². The van der Waals surface area contributed by atoms with Crippen LogP contribution in [0.2, 0.25) is 0 Å². The fraction of sp³-hybridized carbons (Fsp3) is 0. The van der Waals surface area contributed by atoms with Crippen molar-refractivity contribution in [3.8, 4) is 67.7 Å². The lowest BCUT2D eigenvalue weighted by atomic mass is 9.93. The molecule has 3 nitrogen and oxygen atoms in total. The maximum atomic E-state index is 6.37. The second-order valence-corrected chi connectivity index (χ2v) is 11.4. The molecule has 0 radical (unpaired) electrons. The molecule has 0 atom stereocenters. The number of benzene rings is 7. The molecule has 2 heterocycles. The van der Waals surface area contributed by atoms with E-state index in [-0.39, 0.29) is 0 Å². The van der Waals surface area contributed by atoms with Crippen molar-refractivity contribution < 1.29 is 4.74 Å². The average molecular weight is 575 g/mol. The predicted octanol–water partition coefficient (Wildman–Crippen LogP) is 11.2. The molecular weight excluding hydrogens is 548 g/mol. The first kappa shape index (κ1) is 25.4. The molecule has 0 bridgehead atoms. The summed E-state index contributed by atoms with van der Waals surface area (Å²) in [5.74, 6) is 2.45. The molecular formula is C42H26N2O. The molecule has 8 aromatic rings. The summed E-state index contributed by atoms with van der Waals surface area (Å²) in [4.78, 5) is 10.1. The standard InChI is InChI=1S/C42H26N2O/c1-2-9-31(10-3-1)42-43-37(29-19-16-28(17-20-29)33-21-18-27-8-4-5-11-32(27)24-33)26-38(44-42)34-22-23-39-36(25-34)35-14-6-12-30-13-7-15-40(45-39)41(30)35/h1-26H. The van der Waals surface area contributed by atoms with Crippen LogP contribution in [0, 0.1) is 0 Å². The third-order valence-corrected chi connectivity index (χ3v) is 8.67. The van der Waals surface area contributed by atoms with Gasteiger partial charge in [-0.1, -0.05) is 121 Å². The van der Waals surface area contributed by atoms with Crippen molar-refractivity contribution in [1.82, 2.24) is 9.97 Å². The van der Waals surface area contributed by atoms with E-state index in [0.717, 1.165) is 50.5 Å². The van der Waals surface area contributed by atoms with Crippen molar-refractivity contribution in [2.75, 3.05) is 0 Å². The van der Waals surface area contributed by atoms with E-state index in [2.05, 4.69) is 127 Å². The van der Waals surface area contributed by atoms with E-state index in [1.54, 1.807) is 0 Å². The molecule has 0 aliphatic carbocycles. The number of aromatic nitrogens is 2. The van der Waals surface area contributed by atoms with Crippen molar-refractivity contribution >= 4 is 21.5 Å². The quantitative estimate of drug-likeness (QED) is 0.210. The van der Waals surface area contributed by atoms with E-state index in [9.17, 15) is 0 Å². The van der Waals surface area contributed by atoms with Gasteiger partial charge in [0.05, 0.1) is 11.4 Å². The van der Waals surface area contributed by atoms with Gasteiger partial charge >= 0.3 is 0 Å². The van der Waals surface area contributed by atoms with E-state index in [4.69, 9.17) is 14.7 Å². The number of fused-ring (bicyclic) bond motifs is 3. The Morgan fingerprint density at radius 3 is 1.87 bits per heavy atom. The SMILES string of the molecule is c1ccc(-c2nc(-c3ccc(-c4ccc5ccccc5c4)cc3)cc(-c3ccc4c(c3)-c3cccc5cccc(c35)O4)n2)cc1. The zero-order chi connectivity index (χ0) is 29.7. The predicted molar refractivity (Wildman–Crippen MR) is 184 cm³/mol. The van der Waals surface area contributed by atoms with Gasteiger partial charge in [0.25, 0.3) is 0 Å². The Labute approximate surface area is 261 Å². The van der Waals surface area contributed by atoms with Gasteiger partial charge in [0.2, 0.25) is 0 Å². The molecule has 0 saturated heterocycles. The van der Waals surface area contributed by atoms with Crippen LogP contribution in [-0.2, 0) is 0 Å². The lowest BCUT2D eigenvalue weighted by Gasteiger charge is -2.22. The Balaban J connectivity index is 1.15. The molecule has 0 fully saturated rings. The highest BCUT2D eigenvalue weighted by molar-refractivity contribution is 6.04. The van der Waals surface area contributed by atoms with Crippen LogP contribution in [0.15, 0.2) is 158 Å². The minimum atomic E-state index is 0.697. The van der Waals surface area contributed by atoms with Crippen LogP contribution < -0.4 is 4.74 Å². The van der Waals surface area contributed by atoms with Gasteiger partial charge in [0.15, 0.2) is 5.82 Å². The van der Waals surface area contributed by atoms with Gasteiger partial charge in [-0.3, -0.25) is 0 Å². The Hall–Kier alpha value is -6.06. The highest BCUT2D eigenvalue weighted by Gasteiger charge is 2.21. The molecule has 0 saturated carbocycles. The molecule has 3 heteroatoms. The highest BCUT2D eigenvalue weighted by Crippen LogP contribution is 2.47. The third-order valence-electron chi connectivity index (χ3n) is 8.67. The van der Waals surface area contributed by atoms with Crippen LogP contribution in [-0.4, -0.2) is 9.97 Å². The molecule has 0 unspecified atom stereocenters. The monoisotopic (exact) mass is 574 g/mol. The topological polar surface area (TPSA) is 35.0 Å². The average Bonchev–Trinajstić information content (AvgIpc) is 3.12. The second kappa shape index (κ2) is 10.3. The lowest BCUT2D eigenvalue weighted by Crippen LogP contribution is -1.99. The van der Waals surface area contributed by atoms with Gasteiger partial charge in [-0.15, -0.1) is 0 Å². The van der Waals surface area contributed by atoms with Crippen molar-refractivity contribution in [3.63, 3.8) is 0 Å². The molecule has 0 amide bonds. The molecule has 1 aliphatic heterocycles. The molecule has 0 N–H and O–H groups in total. The Morgan fingerprint density at radius 2 is 1.02 bits per heavy atom. The number of rotatable bonds is 4. The van der Waals surface area contributed by atoms with Crippen LogP contribution in [0.3, 0.4) is 0 Å². The van der Waals surface area contributed by atoms with Crippen LogP contribution in [0.25, 0.3) is 77.7 Å². The van der Waals surface area contributed by atoms with Crippen LogP contribution >= 0.6 is 0 Å². The van der Waals surface area contributed by atoms with Gasteiger partial charge in [-0.05, 0) is 69.2 Å². The van der Waals surface area contributed by atoms with Gasteiger partial charge in [-0.2, -0.15) is 0 Å². The van der Waals surface area contributed by atoms with E-state index in [0.29, 0.717) is 5.82 Å². The Kier molecular flexibility index (Phi) is 5.82. The van der Waals surface area contributed by atoms with Gasteiger partial charge < -0.3 is 4.74 Å². The maximum Gasteiger partial charge on any atom is 0.160 e. The first-order valence-corrected chi connectivity index (χ1v) is 15.2. The van der Waals surface area contributed by atoms with Crippen LogP contribution in [0.5, 0.6) is 11.5 Å². The molecule has 1 aromatic heterocycles. The molecule has 210 valence electrons. The third kappa shape index (κ3) is 4.45. The minimum absolute atomic E-state index is 0.697. The minimum Gasteiger partial charge on any atom is -0.456 e. The molecule has 9 rings (SSSR count). The first-order valence-electron chi connectivity index (χ1n) is 15.2. The summed E-state index contributed by atoms with van der Waals surface area (Å²) in [6.45, 7) is 0. The number of nitrogens with zero attached hydrogens (tertiary/aromatic N) is 2. The fourth-order valence-electron chi connectivity index (χ4n) is 6.38. The van der Waals surface area contributed by atoms with Crippen molar-refractivity contribution in [2.24, 2.45) is 0 Å². The normalized spacial score (nSPS) is 11.7. The first-order chi connectivity index (χ1) is 22.3. The fourth-order valence-corrected chi connectivity index (χ4v) is 6.38. The number of ether oxygens (including phenoxy) is 1. The zero-order valence-corrected chi connectivity index (χ0v) is 24.3. The van der Waals surface area contributed by atoms with Crippen molar-refractivity contribution in [3.05, 3.63) is 158 Å². The number of hydrogen-bond donors (Lipinski definition) is 0. The second-order valence-electron chi connectivity index (χ2n) is 11.4. The largest absolute Gasteiger partial charge is 0.456 e. The van der Waals surface area contributed by atoms with E-state index >= 15 is 0 Å². The van der Waals surface area contributed by atoms with Gasteiger partial charge in [0.1, 0.15) is 11.5 Å². The Morgan fingerprint density at radius 1 is 0.356 bits per heavy atom.